The van der Waals surface area contributed by atoms with Gasteiger partial charge in [-0.2, -0.15) is 5.26 Å². The van der Waals surface area contributed by atoms with Gasteiger partial charge < -0.3 is 15.2 Å². The molecule has 34 heavy (non-hydrogen) atoms. The first kappa shape index (κ1) is 27.2. The zero-order valence-corrected chi connectivity index (χ0v) is 19.8. The minimum atomic E-state index is -1.75. The Hall–Kier alpha value is -3.09. The third-order valence-corrected chi connectivity index (χ3v) is 5.62. The maximum absolute atomic E-state index is 12.5. The molecule has 7 nitrogen and oxygen atoms in total. The van der Waals surface area contributed by atoms with Crippen LogP contribution in [-0.4, -0.2) is 59.0 Å². The molecule has 0 spiro atoms. The lowest BCUT2D eigenvalue weighted by Gasteiger charge is -2.29. The quantitative estimate of drug-likeness (QED) is 0.622. The normalized spacial score (nSPS) is 16.1. The van der Waals surface area contributed by atoms with Crippen LogP contribution in [0.1, 0.15) is 63.1 Å². The van der Waals surface area contributed by atoms with Crippen molar-refractivity contribution in [3.8, 4) is 6.07 Å². The second kappa shape index (κ2) is 14.2. The summed E-state index contributed by atoms with van der Waals surface area (Å²) >= 11 is 0. The first-order valence-corrected chi connectivity index (χ1v) is 11.6. The number of piperidine rings is 1. The molecule has 1 aliphatic heterocycles. The van der Waals surface area contributed by atoms with Crippen LogP contribution < -0.4 is 5.32 Å². The minimum Gasteiger partial charge on any atom is -0.376 e. The Morgan fingerprint density at radius 3 is 2.47 bits per heavy atom. The molecule has 0 unspecified atom stereocenters. The molecule has 1 aliphatic carbocycles. The number of nitrogens with one attached hydrogen (secondary N) is 2. The zero-order valence-electron chi connectivity index (χ0n) is 19.8. The Balaban J connectivity index is 0.000000519. The molecular weight excluding hydrogens is 445 g/mol. The number of nitrogens with zero attached hydrogens (tertiary/aromatic N) is 4. The van der Waals surface area contributed by atoms with Crippen molar-refractivity contribution in [1.29, 1.82) is 5.26 Å². The molecule has 10 heteroatoms. The fourth-order valence-electron chi connectivity index (χ4n) is 3.58. The van der Waals surface area contributed by atoms with Gasteiger partial charge in [-0.25, -0.2) is 18.7 Å². The number of aromatic amines is 1. The van der Waals surface area contributed by atoms with Gasteiger partial charge in [0.2, 0.25) is 12.8 Å². The van der Waals surface area contributed by atoms with Gasteiger partial charge in [0.15, 0.2) is 5.65 Å². The van der Waals surface area contributed by atoms with E-state index in [4.69, 9.17) is 10.2 Å². The van der Waals surface area contributed by atoms with Crippen LogP contribution in [0, 0.1) is 17.2 Å². The predicted octanol–water partition coefficient (Wildman–Crippen LogP) is 4.80. The fraction of sp³-hybridized carbons (Fsp3) is 0.583. The average Bonchev–Trinajstić information content (AvgIpc) is 3.65. The number of halogens is 3. The van der Waals surface area contributed by atoms with Crippen molar-refractivity contribution >= 4 is 22.8 Å². The van der Waals surface area contributed by atoms with Crippen molar-refractivity contribution in [2.75, 3.05) is 33.2 Å². The van der Waals surface area contributed by atoms with Crippen LogP contribution in [0.15, 0.2) is 18.5 Å². The van der Waals surface area contributed by atoms with Crippen molar-refractivity contribution in [3.63, 3.8) is 0 Å². The Morgan fingerprint density at radius 1 is 1.29 bits per heavy atom. The molecule has 2 aromatic rings. The number of hydrogen-bond donors (Lipinski definition) is 2. The summed E-state index contributed by atoms with van der Waals surface area (Å²) in [7, 11) is 0. The van der Waals surface area contributed by atoms with Crippen LogP contribution >= 0.6 is 0 Å². The number of carbonyl (C=O) groups is 1. The first-order valence-electron chi connectivity index (χ1n) is 11.6. The third kappa shape index (κ3) is 7.75. The van der Waals surface area contributed by atoms with Gasteiger partial charge in [-0.1, -0.05) is 13.0 Å². The number of rotatable bonds is 6. The number of alkyl halides is 3. The monoisotopic (exact) mass is 478 g/mol. The molecule has 2 aliphatic rings. The van der Waals surface area contributed by atoms with E-state index in [9.17, 15) is 18.0 Å². The maximum Gasteiger partial charge on any atom is 0.241 e. The number of hydrogen-bond acceptors (Lipinski definition) is 5. The molecule has 2 fully saturated rings. The van der Waals surface area contributed by atoms with Gasteiger partial charge in [0.25, 0.3) is 0 Å². The van der Waals surface area contributed by atoms with E-state index in [-0.39, 0.29) is 25.0 Å². The Kier molecular flexibility index (Phi) is 11.4. The molecule has 1 saturated heterocycles. The van der Waals surface area contributed by atoms with Crippen molar-refractivity contribution in [2.45, 2.75) is 51.9 Å². The van der Waals surface area contributed by atoms with Gasteiger partial charge in [-0.15, -0.1) is 0 Å². The van der Waals surface area contributed by atoms with Crippen LogP contribution in [0.2, 0.25) is 0 Å². The van der Waals surface area contributed by atoms with Gasteiger partial charge in [-0.05, 0) is 39.0 Å². The average molecular weight is 479 g/mol. The number of amides is 1. The molecule has 2 N–H and O–H groups in total. The van der Waals surface area contributed by atoms with Crippen LogP contribution in [-0.2, 0) is 4.79 Å². The fourth-order valence-corrected chi connectivity index (χ4v) is 3.58. The second-order valence-electron chi connectivity index (χ2n) is 8.10. The van der Waals surface area contributed by atoms with Crippen molar-refractivity contribution < 1.29 is 18.0 Å². The molecular formula is C24H33F3N6O. The van der Waals surface area contributed by atoms with E-state index in [1.807, 2.05) is 30.3 Å². The summed E-state index contributed by atoms with van der Waals surface area (Å²) in [5, 5.41) is 12.3. The molecule has 0 bridgehead atoms. The molecule has 0 aromatic carbocycles. The summed E-state index contributed by atoms with van der Waals surface area (Å²) in [5.41, 5.74) is 4.49. The van der Waals surface area contributed by atoms with E-state index in [1.54, 1.807) is 6.92 Å². The lowest BCUT2D eigenvalue weighted by Crippen LogP contribution is -2.42. The number of likely N-dealkylation sites (tertiary alicyclic amines) is 1. The largest absolute Gasteiger partial charge is 0.376 e. The number of allylic oxidation sites excluding steroid dienone is 1. The summed E-state index contributed by atoms with van der Waals surface area (Å²) in [5.74, 6) is 0.693. The van der Waals surface area contributed by atoms with E-state index >= 15 is 0 Å². The van der Waals surface area contributed by atoms with Crippen LogP contribution in [0.4, 0.5) is 13.2 Å². The summed E-state index contributed by atoms with van der Waals surface area (Å²) in [6.07, 6.45) is 10.3. The summed E-state index contributed by atoms with van der Waals surface area (Å²) < 4.78 is 30.0. The third-order valence-electron chi connectivity index (χ3n) is 5.62. The van der Waals surface area contributed by atoms with Gasteiger partial charge >= 0.3 is 0 Å². The summed E-state index contributed by atoms with van der Waals surface area (Å²) in [6.45, 7) is 3.38. The maximum atomic E-state index is 12.5. The smallest absolute Gasteiger partial charge is 0.241 e. The van der Waals surface area contributed by atoms with E-state index in [2.05, 4.69) is 21.4 Å². The number of nitriles is 1. The van der Waals surface area contributed by atoms with Gasteiger partial charge in [0, 0.05) is 42.4 Å². The van der Waals surface area contributed by atoms with E-state index in [0.29, 0.717) is 25.4 Å². The number of carbonyl (C=O) groups excluding carboxylic acids is 1. The highest BCUT2D eigenvalue weighted by molar-refractivity contribution is 5.88. The van der Waals surface area contributed by atoms with Crippen LogP contribution in [0.3, 0.4) is 0 Å². The topological polar surface area (TPSA) is 97.7 Å². The second-order valence-corrected chi connectivity index (χ2v) is 8.10. The Bertz CT molecular complexity index is 973. The molecule has 4 rings (SSSR count). The zero-order chi connectivity index (χ0) is 24.9. The first-order chi connectivity index (χ1) is 16.5. The van der Waals surface area contributed by atoms with E-state index in [1.165, 1.54) is 12.8 Å². The molecule has 3 heterocycles. The number of fused-ring (bicyclic) bond motifs is 1. The SMILES string of the molecule is CC=C(NCC(=O)N1CCC(C#N)CC1)c1c[nH]c2ncc(C3CC3)nc12.CCCF.FCF. The van der Waals surface area contributed by atoms with Crippen LogP contribution in [0.5, 0.6) is 0 Å². The molecule has 0 radical (unpaired) electrons. The highest BCUT2D eigenvalue weighted by Gasteiger charge is 2.26. The van der Waals surface area contributed by atoms with E-state index < -0.39 is 6.93 Å². The molecule has 0 atom stereocenters. The number of H-pyrrole nitrogens is 1. The lowest BCUT2D eigenvalue weighted by molar-refractivity contribution is -0.131. The van der Waals surface area contributed by atoms with E-state index in [0.717, 1.165) is 41.0 Å². The molecule has 1 saturated carbocycles. The Morgan fingerprint density at radius 2 is 1.94 bits per heavy atom. The Labute approximate surface area is 198 Å². The molecule has 1 amide bonds. The highest BCUT2D eigenvalue weighted by Crippen LogP contribution is 2.39. The molecule has 186 valence electrons. The van der Waals surface area contributed by atoms with Crippen LogP contribution in [0.25, 0.3) is 16.9 Å². The van der Waals surface area contributed by atoms with Gasteiger partial charge in [-0.3, -0.25) is 9.18 Å². The summed E-state index contributed by atoms with van der Waals surface area (Å²) in [6, 6.07) is 2.30. The highest BCUT2D eigenvalue weighted by atomic mass is 19.3. The minimum absolute atomic E-state index is 0.0651. The van der Waals surface area contributed by atoms with Gasteiger partial charge in [0.1, 0.15) is 5.52 Å². The molecule has 2 aromatic heterocycles. The number of aromatic nitrogens is 3. The summed E-state index contributed by atoms with van der Waals surface area (Å²) in [4.78, 5) is 26.8. The predicted molar refractivity (Wildman–Crippen MR) is 126 cm³/mol. The van der Waals surface area contributed by atoms with Crippen molar-refractivity contribution in [1.82, 2.24) is 25.2 Å². The van der Waals surface area contributed by atoms with Gasteiger partial charge in [0.05, 0.1) is 31.2 Å². The van der Waals surface area contributed by atoms with Crippen molar-refractivity contribution in [3.05, 3.63) is 29.7 Å². The van der Waals surface area contributed by atoms with Crippen molar-refractivity contribution in [2.24, 2.45) is 5.92 Å². The lowest BCUT2D eigenvalue weighted by atomic mass is 9.98. The standard InChI is InChI=1S/C20H24N6O.C3H7F.CH2F2/c1-2-16(22-12-18(27)26-7-5-13(9-21)6-8-26)15-10-23-20-19(15)25-17(11-24-20)14-3-4-14;1-2-3-4;2-1-3/h2,10-11,13-14,22H,3-8,12H2,1H3,(H,23,24);2-3H2,1H3;1H2.